The monoisotopic (exact) mass is 569 g/mol. The molecule has 12 heteroatoms. The van der Waals surface area contributed by atoms with Crippen molar-refractivity contribution in [2.45, 2.75) is 18.3 Å². The van der Waals surface area contributed by atoms with Crippen LogP contribution in [0.1, 0.15) is 12.0 Å². The highest BCUT2D eigenvalue weighted by Gasteiger charge is 2.62. The van der Waals surface area contributed by atoms with Crippen molar-refractivity contribution in [3.63, 3.8) is 0 Å². The molecule has 4 aromatic rings. The van der Waals surface area contributed by atoms with Crippen molar-refractivity contribution in [3.8, 4) is 11.3 Å². The maximum Gasteiger partial charge on any atom is 0.438 e. The number of aliphatic hydroxyl groups is 1. The van der Waals surface area contributed by atoms with Gasteiger partial charge in [-0.3, -0.25) is 0 Å². The molecule has 1 aliphatic rings. The summed E-state index contributed by atoms with van der Waals surface area (Å²) in [6.07, 6.45) is -5.82. The summed E-state index contributed by atoms with van der Waals surface area (Å²) in [4.78, 5) is 16.7. The van der Waals surface area contributed by atoms with E-state index in [4.69, 9.17) is 16.0 Å². The Balaban J connectivity index is 1.58. The van der Waals surface area contributed by atoms with Crippen LogP contribution in [0.4, 0.5) is 18.3 Å². The van der Waals surface area contributed by atoms with E-state index in [0.717, 1.165) is 15.8 Å². The number of thiazole rings is 1. The SMILES string of the molecule is O=c1oc2ccc(Cl)cc2cc1-c1csc(N2N=C(c3ccc(Br)cc3)C[C@@]2(O)C(F)(F)F)n1. The fourth-order valence-electron chi connectivity index (χ4n) is 3.53. The topological polar surface area (TPSA) is 78.9 Å². The third-order valence-electron chi connectivity index (χ3n) is 5.26. The maximum atomic E-state index is 14.0. The molecule has 5 rings (SSSR count). The summed E-state index contributed by atoms with van der Waals surface area (Å²) in [6.45, 7) is 0. The first-order chi connectivity index (χ1) is 16.0. The van der Waals surface area contributed by atoms with Crippen molar-refractivity contribution in [2.75, 3.05) is 5.01 Å². The molecule has 1 N–H and O–H groups in total. The van der Waals surface area contributed by atoms with Crippen LogP contribution < -0.4 is 10.6 Å². The normalized spacial score (nSPS) is 18.5. The third-order valence-corrected chi connectivity index (χ3v) is 6.84. The number of anilines is 1. The molecule has 0 fully saturated rings. The van der Waals surface area contributed by atoms with Crippen LogP contribution in [0.2, 0.25) is 5.02 Å². The Kier molecular flexibility index (Phi) is 5.55. The molecule has 2 aromatic carbocycles. The standard InChI is InChI=1S/C22H12BrClF3N3O3S/c23-13-3-1-11(2-4-13)16-9-21(32,22(25,26)27)30(29-16)20-28-17(10-34-20)15-8-12-7-14(24)5-6-18(12)33-19(15)31/h1-8,10,32H,9H2/t21-/m1/s1. The van der Waals surface area contributed by atoms with Crippen LogP contribution in [0.5, 0.6) is 0 Å². The average Bonchev–Trinajstić information content (AvgIpc) is 3.39. The second-order valence-corrected chi connectivity index (χ2v) is 9.69. The van der Waals surface area contributed by atoms with E-state index in [1.54, 1.807) is 42.5 Å². The van der Waals surface area contributed by atoms with E-state index in [-0.39, 0.29) is 22.1 Å². The van der Waals surface area contributed by atoms with Gasteiger partial charge in [0.1, 0.15) is 5.58 Å². The minimum Gasteiger partial charge on any atom is -0.422 e. The largest absolute Gasteiger partial charge is 0.438 e. The molecule has 0 saturated carbocycles. The molecule has 34 heavy (non-hydrogen) atoms. The molecule has 2 aromatic heterocycles. The average molecular weight is 571 g/mol. The molecule has 0 amide bonds. The van der Waals surface area contributed by atoms with E-state index in [0.29, 0.717) is 26.6 Å². The van der Waals surface area contributed by atoms with Gasteiger partial charge in [0.25, 0.3) is 5.72 Å². The van der Waals surface area contributed by atoms with Gasteiger partial charge in [0, 0.05) is 20.3 Å². The quantitative estimate of drug-likeness (QED) is 0.297. The first-order valence-corrected chi connectivity index (χ1v) is 11.7. The lowest BCUT2D eigenvalue weighted by Gasteiger charge is -2.32. The Hall–Kier alpha value is -2.73. The number of hydrogen-bond acceptors (Lipinski definition) is 7. The van der Waals surface area contributed by atoms with Gasteiger partial charge in [-0.2, -0.15) is 23.3 Å². The Morgan fingerprint density at radius 1 is 1.18 bits per heavy atom. The van der Waals surface area contributed by atoms with Gasteiger partial charge in [0.15, 0.2) is 0 Å². The van der Waals surface area contributed by atoms with Crippen molar-refractivity contribution in [2.24, 2.45) is 5.10 Å². The highest BCUT2D eigenvalue weighted by Crippen LogP contribution is 2.45. The highest BCUT2D eigenvalue weighted by atomic mass is 79.9. The number of benzene rings is 2. The summed E-state index contributed by atoms with van der Waals surface area (Å²) < 4.78 is 47.9. The van der Waals surface area contributed by atoms with Gasteiger partial charge in [-0.1, -0.05) is 39.7 Å². The molecule has 0 radical (unpaired) electrons. The van der Waals surface area contributed by atoms with Crippen molar-refractivity contribution >= 4 is 60.7 Å². The summed E-state index contributed by atoms with van der Waals surface area (Å²) >= 11 is 10.1. The van der Waals surface area contributed by atoms with Crippen LogP contribution in [-0.2, 0) is 0 Å². The second-order valence-electron chi connectivity index (χ2n) is 7.50. The lowest BCUT2D eigenvalue weighted by Crippen LogP contribution is -2.55. The summed E-state index contributed by atoms with van der Waals surface area (Å²) in [5.41, 5.74) is -3.09. The molecular weight excluding hydrogens is 559 g/mol. The highest BCUT2D eigenvalue weighted by molar-refractivity contribution is 9.10. The third kappa shape index (κ3) is 3.92. The number of nitrogens with zero attached hydrogens (tertiary/aromatic N) is 3. The molecule has 6 nitrogen and oxygen atoms in total. The van der Waals surface area contributed by atoms with Crippen LogP contribution in [0.25, 0.3) is 22.2 Å². The minimum absolute atomic E-state index is 0.0453. The van der Waals surface area contributed by atoms with Crippen LogP contribution in [0, 0.1) is 0 Å². The molecule has 0 spiro atoms. The molecule has 1 atom stereocenters. The number of hydrazone groups is 1. The fourth-order valence-corrected chi connectivity index (χ4v) is 4.81. The van der Waals surface area contributed by atoms with Crippen LogP contribution in [0.15, 0.2) is 72.7 Å². The van der Waals surface area contributed by atoms with E-state index in [1.807, 2.05) is 0 Å². The predicted molar refractivity (Wildman–Crippen MR) is 127 cm³/mol. The van der Waals surface area contributed by atoms with Gasteiger partial charge in [-0.15, -0.1) is 11.3 Å². The number of fused-ring (bicyclic) bond motifs is 1. The van der Waals surface area contributed by atoms with Gasteiger partial charge in [-0.25, -0.2) is 9.78 Å². The Bertz CT molecular complexity index is 1500. The Morgan fingerprint density at radius 2 is 1.91 bits per heavy atom. The van der Waals surface area contributed by atoms with E-state index in [9.17, 15) is 23.1 Å². The number of halogens is 5. The van der Waals surface area contributed by atoms with E-state index in [1.165, 1.54) is 11.4 Å². The minimum atomic E-state index is -5.03. The molecule has 0 bridgehead atoms. The zero-order valence-corrected chi connectivity index (χ0v) is 20.0. The number of hydrogen-bond donors (Lipinski definition) is 1. The summed E-state index contributed by atoms with van der Waals surface area (Å²) in [6, 6.07) is 12.7. The van der Waals surface area contributed by atoms with E-state index < -0.39 is 23.9 Å². The maximum absolute atomic E-state index is 14.0. The van der Waals surface area contributed by atoms with Crippen molar-refractivity contribution in [1.29, 1.82) is 0 Å². The van der Waals surface area contributed by atoms with Crippen molar-refractivity contribution in [3.05, 3.63) is 79.4 Å². The predicted octanol–water partition coefficient (Wildman–Crippen LogP) is 6.20. The lowest BCUT2D eigenvalue weighted by molar-refractivity contribution is -0.254. The smallest absolute Gasteiger partial charge is 0.422 e. The van der Waals surface area contributed by atoms with Crippen molar-refractivity contribution < 1.29 is 22.7 Å². The van der Waals surface area contributed by atoms with Gasteiger partial charge >= 0.3 is 11.8 Å². The van der Waals surface area contributed by atoms with Gasteiger partial charge in [0.2, 0.25) is 5.13 Å². The number of aromatic nitrogens is 1. The summed E-state index contributed by atoms with van der Waals surface area (Å²) in [7, 11) is 0. The lowest BCUT2D eigenvalue weighted by atomic mass is 10.0. The van der Waals surface area contributed by atoms with Crippen molar-refractivity contribution in [1.82, 2.24) is 4.98 Å². The number of alkyl halides is 3. The van der Waals surface area contributed by atoms with Crippen LogP contribution in [0.3, 0.4) is 0 Å². The Morgan fingerprint density at radius 3 is 2.62 bits per heavy atom. The molecule has 1 aliphatic heterocycles. The zero-order chi connectivity index (χ0) is 24.3. The molecule has 0 aliphatic carbocycles. The van der Waals surface area contributed by atoms with Gasteiger partial charge in [-0.05, 0) is 42.0 Å². The van der Waals surface area contributed by atoms with E-state index in [2.05, 4.69) is 26.0 Å². The van der Waals surface area contributed by atoms with E-state index >= 15 is 0 Å². The zero-order valence-electron chi connectivity index (χ0n) is 16.8. The fraction of sp³-hybridized carbons (Fsp3) is 0.136. The van der Waals surface area contributed by atoms with Crippen LogP contribution in [-0.4, -0.2) is 27.7 Å². The second kappa shape index (κ2) is 8.19. The molecule has 0 unspecified atom stereocenters. The van der Waals surface area contributed by atoms with Gasteiger partial charge < -0.3 is 9.52 Å². The first-order valence-electron chi connectivity index (χ1n) is 9.67. The first kappa shape index (κ1) is 23.0. The van der Waals surface area contributed by atoms with Crippen LogP contribution >= 0.6 is 38.9 Å². The molecule has 0 saturated heterocycles. The molecular formula is C22H12BrClF3N3O3S. The Labute approximate surface area is 207 Å². The summed E-state index contributed by atoms with van der Waals surface area (Å²) in [5, 5.41) is 17.3. The molecule has 3 heterocycles. The van der Waals surface area contributed by atoms with Gasteiger partial charge in [0.05, 0.1) is 23.4 Å². The summed E-state index contributed by atoms with van der Waals surface area (Å²) in [5.74, 6) is 0. The number of rotatable bonds is 3. The molecule has 174 valence electrons.